The summed E-state index contributed by atoms with van der Waals surface area (Å²) in [6.07, 6.45) is 3.08. The summed E-state index contributed by atoms with van der Waals surface area (Å²) in [5.74, 6) is -1.84. The van der Waals surface area contributed by atoms with E-state index in [4.69, 9.17) is 16.3 Å². The summed E-state index contributed by atoms with van der Waals surface area (Å²) in [5.41, 5.74) is 1.59. The number of ketones is 1. The van der Waals surface area contributed by atoms with Crippen LogP contribution in [0, 0.1) is 0 Å². The molecule has 1 atom stereocenters. The van der Waals surface area contributed by atoms with E-state index in [1.54, 1.807) is 48.5 Å². The maximum absolute atomic E-state index is 13.3. The van der Waals surface area contributed by atoms with Gasteiger partial charge in [-0.2, -0.15) is 0 Å². The highest BCUT2D eigenvalue weighted by atomic mass is 35.5. The van der Waals surface area contributed by atoms with Crippen LogP contribution in [0.2, 0.25) is 5.02 Å². The number of nitrogens with zero attached hydrogens (tertiary/aromatic N) is 2. The van der Waals surface area contributed by atoms with Gasteiger partial charge in [0.25, 0.3) is 11.7 Å². The number of hydrogen-bond donors (Lipinski definition) is 2. The first-order chi connectivity index (χ1) is 16.8. The van der Waals surface area contributed by atoms with E-state index < -0.39 is 23.5 Å². The number of carbonyl (C=O) groups is 3. The van der Waals surface area contributed by atoms with Crippen LogP contribution < -0.4 is 15.0 Å². The zero-order valence-electron chi connectivity index (χ0n) is 19.0. The Morgan fingerprint density at radius 2 is 1.80 bits per heavy atom. The van der Waals surface area contributed by atoms with Crippen molar-refractivity contribution in [2.24, 2.45) is 0 Å². The molecule has 0 radical (unpaired) electrons. The number of pyridine rings is 1. The zero-order valence-corrected chi connectivity index (χ0v) is 19.7. The SMILES string of the molecule is CCOc1ccc(Cl)c(/C(O)=C2\C(=O)C(=O)N(c3ccc(NC(C)=O)cc3)C2c2ccncc2)c1. The monoisotopic (exact) mass is 491 g/mol. The second kappa shape index (κ2) is 9.99. The first-order valence-electron chi connectivity index (χ1n) is 10.8. The molecule has 1 unspecified atom stereocenters. The summed E-state index contributed by atoms with van der Waals surface area (Å²) in [6, 6.07) is 13.6. The van der Waals surface area contributed by atoms with Crippen LogP contribution in [-0.2, 0) is 14.4 Å². The van der Waals surface area contributed by atoms with Crippen molar-refractivity contribution in [3.05, 3.63) is 88.7 Å². The third-order valence-corrected chi connectivity index (χ3v) is 5.77. The Labute approximate surface area is 206 Å². The Morgan fingerprint density at radius 1 is 1.11 bits per heavy atom. The summed E-state index contributed by atoms with van der Waals surface area (Å²) >= 11 is 6.36. The van der Waals surface area contributed by atoms with Gasteiger partial charge in [-0.05, 0) is 67.1 Å². The lowest BCUT2D eigenvalue weighted by molar-refractivity contribution is -0.132. The molecule has 178 valence electrons. The standard InChI is InChI=1S/C26H22ClN3O5/c1-3-35-19-8-9-21(27)20(14-19)24(32)22-23(16-10-12-28-13-11-16)30(26(34)25(22)33)18-6-4-17(5-7-18)29-15(2)31/h4-14,23,32H,3H2,1-2H3,(H,29,31)/b24-22+. The number of benzene rings is 2. The molecule has 2 N–H and O–H groups in total. The Balaban J connectivity index is 1.88. The van der Waals surface area contributed by atoms with Gasteiger partial charge in [-0.25, -0.2) is 0 Å². The quantitative estimate of drug-likeness (QED) is 0.293. The number of anilines is 2. The molecule has 1 aliphatic rings. The Hall–Kier alpha value is -4.17. The molecule has 35 heavy (non-hydrogen) atoms. The fourth-order valence-electron chi connectivity index (χ4n) is 3.96. The summed E-state index contributed by atoms with van der Waals surface area (Å²) in [5, 5.41) is 14.2. The lowest BCUT2D eigenvalue weighted by atomic mass is 9.95. The smallest absolute Gasteiger partial charge is 0.300 e. The molecule has 0 aliphatic carbocycles. The lowest BCUT2D eigenvalue weighted by Crippen LogP contribution is -2.29. The van der Waals surface area contributed by atoms with Crippen molar-refractivity contribution < 1.29 is 24.2 Å². The Kier molecular flexibility index (Phi) is 6.84. The maximum Gasteiger partial charge on any atom is 0.300 e. The molecule has 2 amide bonds. The number of rotatable bonds is 6. The van der Waals surface area contributed by atoms with Gasteiger partial charge in [-0.15, -0.1) is 0 Å². The number of aromatic nitrogens is 1. The highest BCUT2D eigenvalue weighted by Crippen LogP contribution is 2.43. The summed E-state index contributed by atoms with van der Waals surface area (Å²) < 4.78 is 5.51. The minimum Gasteiger partial charge on any atom is -0.507 e. The summed E-state index contributed by atoms with van der Waals surface area (Å²) in [4.78, 5) is 43.2. The van der Waals surface area contributed by atoms with Gasteiger partial charge in [-0.1, -0.05) is 11.6 Å². The fraction of sp³-hybridized carbons (Fsp3) is 0.154. The van der Waals surface area contributed by atoms with Gasteiger partial charge in [0.2, 0.25) is 5.91 Å². The van der Waals surface area contributed by atoms with Crippen LogP contribution in [0.25, 0.3) is 5.76 Å². The zero-order chi connectivity index (χ0) is 25.1. The van der Waals surface area contributed by atoms with Crippen LogP contribution >= 0.6 is 11.6 Å². The summed E-state index contributed by atoms with van der Waals surface area (Å²) in [6.45, 7) is 3.61. The molecule has 2 aromatic carbocycles. The molecule has 0 spiro atoms. The Bertz CT molecular complexity index is 1320. The van der Waals surface area contributed by atoms with E-state index in [0.29, 0.717) is 29.3 Å². The van der Waals surface area contributed by atoms with Crippen LogP contribution in [0.3, 0.4) is 0 Å². The first kappa shape index (κ1) is 24.0. The molecule has 3 aromatic rings. The molecule has 0 saturated carbocycles. The minimum atomic E-state index is -0.934. The van der Waals surface area contributed by atoms with Gasteiger partial charge >= 0.3 is 0 Å². The fourth-order valence-corrected chi connectivity index (χ4v) is 4.16. The Morgan fingerprint density at radius 3 is 2.43 bits per heavy atom. The number of amides is 2. The molecule has 4 rings (SSSR count). The second-order valence-electron chi connectivity index (χ2n) is 7.75. The number of aliphatic hydroxyl groups excluding tert-OH is 1. The highest BCUT2D eigenvalue weighted by molar-refractivity contribution is 6.52. The molecule has 1 aromatic heterocycles. The normalized spacial score (nSPS) is 16.9. The van der Waals surface area contributed by atoms with Crippen LogP contribution in [0.4, 0.5) is 11.4 Å². The number of hydrogen-bond acceptors (Lipinski definition) is 6. The van der Waals surface area contributed by atoms with Gasteiger partial charge < -0.3 is 15.2 Å². The van der Waals surface area contributed by atoms with Crippen LogP contribution in [0.15, 0.2) is 72.6 Å². The first-order valence-corrected chi connectivity index (χ1v) is 11.2. The van der Waals surface area contributed by atoms with Crippen molar-refractivity contribution in [3.63, 3.8) is 0 Å². The van der Waals surface area contributed by atoms with Crippen LogP contribution in [0.5, 0.6) is 5.75 Å². The second-order valence-corrected chi connectivity index (χ2v) is 8.16. The topological polar surface area (TPSA) is 109 Å². The van der Waals surface area contributed by atoms with Gasteiger partial charge in [0, 0.05) is 36.3 Å². The number of carbonyl (C=O) groups excluding carboxylic acids is 3. The van der Waals surface area contributed by atoms with Crippen molar-refractivity contribution in [2.75, 3.05) is 16.8 Å². The number of ether oxygens (including phenoxy) is 1. The summed E-state index contributed by atoms with van der Waals surface area (Å²) in [7, 11) is 0. The van der Waals surface area contributed by atoms with Crippen molar-refractivity contribution in [2.45, 2.75) is 19.9 Å². The van der Waals surface area contributed by atoms with E-state index in [-0.39, 0.29) is 22.1 Å². The van der Waals surface area contributed by atoms with Gasteiger partial charge in [0.15, 0.2) is 0 Å². The number of halogens is 1. The lowest BCUT2D eigenvalue weighted by Gasteiger charge is -2.25. The number of aliphatic hydroxyl groups is 1. The molecule has 9 heteroatoms. The minimum absolute atomic E-state index is 0.109. The predicted molar refractivity (Wildman–Crippen MR) is 132 cm³/mol. The molecule has 8 nitrogen and oxygen atoms in total. The van der Waals surface area contributed by atoms with Gasteiger partial charge in [0.1, 0.15) is 11.5 Å². The molecule has 2 heterocycles. The average Bonchev–Trinajstić information content (AvgIpc) is 3.11. The van der Waals surface area contributed by atoms with Crippen molar-refractivity contribution in [1.29, 1.82) is 0 Å². The van der Waals surface area contributed by atoms with Crippen LogP contribution in [0.1, 0.15) is 31.0 Å². The molecule has 1 aliphatic heterocycles. The molecule has 0 bridgehead atoms. The maximum atomic E-state index is 13.3. The van der Waals surface area contributed by atoms with E-state index in [2.05, 4.69) is 10.3 Å². The molecule has 1 saturated heterocycles. The largest absolute Gasteiger partial charge is 0.507 e. The van der Waals surface area contributed by atoms with E-state index in [9.17, 15) is 19.5 Å². The highest BCUT2D eigenvalue weighted by Gasteiger charge is 2.47. The predicted octanol–water partition coefficient (Wildman–Crippen LogP) is 4.72. The third kappa shape index (κ3) is 4.74. The third-order valence-electron chi connectivity index (χ3n) is 5.44. The van der Waals surface area contributed by atoms with E-state index in [0.717, 1.165) is 0 Å². The average molecular weight is 492 g/mol. The van der Waals surface area contributed by atoms with Crippen molar-refractivity contribution in [3.8, 4) is 5.75 Å². The van der Waals surface area contributed by atoms with E-state index in [1.807, 2.05) is 6.92 Å². The van der Waals surface area contributed by atoms with Crippen LogP contribution in [-0.4, -0.2) is 34.3 Å². The van der Waals surface area contributed by atoms with Gasteiger partial charge in [0.05, 0.1) is 23.2 Å². The molecular weight excluding hydrogens is 470 g/mol. The van der Waals surface area contributed by atoms with E-state index in [1.165, 1.54) is 30.3 Å². The van der Waals surface area contributed by atoms with E-state index >= 15 is 0 Å². The molecular formula is C26H22ClN3O5. The van der Waals surface area contributed by atoms with Crippen molar-refractivity contribution in [1.82, 2.24) is 4.98 Å². The molecule has 1 fully saturated rings. The van der Waals surface area contributed by atoms with Gasteiger partial charge in [-0.3, -0.25) is 24.3 Å². The van der Waals surface area contributed by atoms with Crippen molar-refractivity contribution >= 4 is 46.3 Å². The number of Topliss-reactive ketones (excluding diaryl/α,β-unsaturated/α-hetero) is 1. The number of nitrogens with one attached hydrogen (secondary N) is 1.